The maximum atomic E-state index is 6.84. The molecule has 0 fully saturated rings. The van der Waals surface area contributed by atoms with E-state index in [2.05, 4.69) is 233 Å². The van der Waals surface area contributed by atoms with Gasteiger partial charge in [-0.2, -0.15) is 0 Å². The number of nitrogens with zero attached hydrogens (tertiary/aromatic N) is 4. The van der Waals surface area contributed by atoms with E-state index in [1.165, 1.54) is 77.8 Å². The molecular weight excluding hydrogens is 988 g/mol. The number of pyridine rings is 2. The van der Waals surface area contributed by atoms with E-state index in [0.29, 0.717) is 0 Å². The normalized spacial score (nSPS) is 12.9. The van der Waals surface area contributed by atoms with Gasteiger partial charge in [0.25, 0.3) is 0 Å². The fraction of sp³-hybridized carbons (Fsp3) is 0.200. The summed E-state index contributed by atoms with van der Waals surface area (Å²) < 4.78 is 15.1. The molecule has 2 aliphatic heterocycles. The zero-order valence-corrected chi connectivity index (χ0v) is 41.0. The summed E-state index contributed by atoms with van der Waals surface area (Å²) in [6.07, 6.45) is 6.33. The summed E-state index contributed by atoms with van der Waals surface area (Å²) in [5.74, 6) is 2.44. The van der Waals surface area contributed by atoms with Crippen molar-refractivity contribution in [3.8, 4) is 45.3 Å². The minimum absolute atomic E-state index is 0.0920. The Morgan fingerprint density at radius 3 is 2.00 bits per heavy atom. The van der Waals surface area contributed by atoms with Gasteiger partial charge in [-0.3, -0.25) is 0 Å². The molecule has 0 atom stereocenters. The topological polar surface area (TPSA) is 36.4 Å². The Morgan fingerprint density at radius 2 is 1.26 bits per heavy atom. The van der Waals surface area contributed by atoms with Gasteiger partial charge in [0, 0.05) is 11.3 Å². The van der Waals surface area contributed by atoms with Crippen LogP contribution in [0.15, 0.2) is 152 Å². The molecule has 0 amide bonds. The van der Waals surface area contributed by atoms with Crippen molar-refractivity contribution in [2.75, 3.05) is 0 Å². The molecule has 0 unspecified atom stereocenters. The third-order valence-electron chi connectivity index (χ3n) is 14.1. The van der Waals surface area contributed by atoms with Crippen molar-refractivity contribution < 1.29 is 24.1 Å². The summed E-state index contributed by atoms with van der Waals surface area (Å²) in [6, 6.07) is 53.1. The Labute approximate surface area is 398 Å². The molecule has 2 aliphatic carbocycles. The van der Waals surface area contributed by atoms with Crippen LogP contribution in [0.5, 0.6) is 11.5 Å². The third kappa shape index (κ3) is 7.38. The molecule has 0 radical (unpaired) electrons. The van der Waals surface area contributed by atoms with Gasteiger partial charge in [-0.05, 0) is 47.1 Å². The zero-order chi connectivity index (χ0) is 45.4. The van der Waals surface area contributed by atoms with E-state index in [0.717, 1.165) is 74.6 Å². The number of aryl methyl sites for hydroxylation is 6. The molecule has 10 aromatic rings. The van der Waals surface area contributed by atoms with E-state index in [4.69, 9.17) is 9.72 Å². The quantitative estimate of drug-likeness (QED) is 0.166. The molecule has 6 heterocycles. The Bertz CT molecular complexity index is 3580. The van der Waals surface area contributed by atoms with Crippen LogP contribution in [0, 0.1) is 31.5 Å². The van der Waals surface area contributed by atoms with Crippen LogP contribution in [0.25, 0.3) is 61.1 Å². The van der Waals surface area contributed by atoms with Gasteiger partial charge in [-0.15, -0.1) is 0 Å². The van der Waals surface area contributed by atoms with Crippen molar-refractivity contribution in [1.29, 1.82) is 0 Å². The fourth-order valence-electron chi connectivity index (χ4n) is 10.3. The molecule has 4 aliphatic rings. The molecular formula is C60H54N4OPt. The molecule has 6 aromatic carbocycles. The zero-order valence-electron chi connectivity index (χ0n) is 38.8. The summed E-state index contributed by atoms with van der Waals surface area (Å²) in [5, 5.41) is 2.32. The fourth-order valence-corrected chi connectivity index (χ4v) is 11.4. The van der Waals surface area contributed by atoms with Crippen LogP contribution in [0.2, 0.25) is 0 Å². The SMILES string of the molecule is Cc1cc(-n2c3ccc(-c4ccccc4)cc3c3ccc(Oc4cccc(-n5cc6c7ccc(n6[c]5=[Pt])CCc5ccc(c(C)c5C)CC7)c4)cc32)nc(C)c1-c1ccc(C(C)(C)C)cc1. The average molecular weight is 1040 g/mol. The van der Waals surface area contributed by atoms with E-state index < -0.39 is 0 Å². The maximum absolute atomic E-state index is 6.84. The summed E-state index contributed by atoms with van der Waals surface area (Å²) in [7, 11) is 0. The van der Waals surface area contributed by atoms with Gasteiger partial charge in [0.1, 0.15) is 0 Å². The van der Waals surface area contributed by atoms with Gasteiger partial charge in [-0.25, -0.2) is 0 Å². The van der Waals surface area contributed by atoms with Crippen LogP contribution >= 0.6 is 0 Å². The van der Waals surface area contributed by atoms with Crippen molar-refractivity contribution >= 4 is 27.3 Å². The van der Waals surface area contributed by atoms with Crippen LogP contribution in [0.3, 0.4) is 0 Å². The molecule has 0 saturated heterocycles. The second kappa shape index (κ2) is 16.4. The number of hydrogen-bond donors (Lipinski definition) is 0. The van der Waals surface area contributed by atoms with Gasteiger partial charge < -0.3 is 0 Å². The number of fused-ring (bicyclic) bond motifs is 3. The van der Waals surface area contributed by atoms with E-state index in [-0.39, 0.29) is 5.41 Å². The van der Waals surface area contributed by atoms with Crippen molar-refractivity contribution in [2.24, 2.45) is 0 Å². The van der Waals surface area contributed by atoms with Crippen molar-refractivity contribution in [1.82, 2.24) is 18.5 Å². The molecule has 330 valence electrons. The number of rotatable bonds is 6. The Balaban J connectivity index is 0.986. The monoisotopic (exact) mass is 1040 g/mol. The van der Waals surface area contributed by atoms with Gasteiger partial charge in [0.2, 0.25) is 0 Å². The summed E-state index contributed by atoms with van der Waals surface area (Å²) >= 11 is 2.51. The molecule has 0 N–H and O–H groups in total. The predicted molar refractivity (Wildman–Crippen MR) is 268 cm³/mol. The summed E-state index contributed by atoms with van der Waals surface area (Å²) in [6.45, 7) is 15.7. The molecule has 4 aromatic heterocycles. The standard InChI is InChI=1S/C60H54N4O.Pt/c1-38-32-58(61-41(4)59(38)46-20-25-48(26-21-46)60(5,6)7)64-55-31-24-47(44-12-9-8-10-13-44)33-54(55)53-30-29-52(35-56(53)64)65-51-15-11-14-50(34-51)62-36-57-45-19-18-42-16-17-43(40(3)39(42)2)22-27-49(28-23-45)63(57)37-62;/h8-17,20-21,23-26,28-36H,18-19,22,27H2,1-7H3;. The first-order valence-corrected chi connectivity index (χ1v) is 24.3. The van der Waals surface area contributed by atoms with Crippen LogP contribution in [-0.4, -0.2) is 18.5 Å². The average Bonchev–Trinajstić information content (AvgIpc) is 3.83. The molecule has 0 saturated carbocycles. The second-order valence-corrected chi connectivity index (χ2v) is 20.3. The van der Waals surface area contributed by atoms with Crippen molar-refractivity contribution in [2.45, 2.75) is 79.6 Å². The smallest absolute Gasteiger partial charge is 0.0579 e. The predicted octanol–water partition coefficient (Wildman–Crippen LogP) is 14.8. The second-order valence-electron chi connectivity index (χ2n) is 19.2. The van der Waals surface area contributed by atoms with Gasteiger partial charge in [0.15, 0.2) is 0 Å². The van der Waals surface area contributed by atoms with E-state index >= 15 is 0 Å². The molecule has 66 heavy (non-hydrogen) atoms. The van der Waals surface area contributed by atoms with Crippen LogP contribution in [-0.2, 0) is 50.5 Å². The Morgan fingerprint density at radius 1 is 0.561 bits per heavy atom. The first-order valence-electron chi connectivity index (χ1n) is 23.2. The molecule has 5 nitrogen and oxygen atoms in total. The van der Waals surface area contributed by atoms with Crippen molar-refractivity contribution in [3.05, 3.63) is 206 Å². The number of aromatic nitrogens is 4. The van der Waals surface area contributed by atoms with Crippen molar-refractivity contribution in [3.63, 3.8) is 0 Å². The van der Waals surface area contributed by atoms with Crippen LogP contribution in [0.4, 0.5) is 0 Å². The first kappa shape index (κ1) is 42.1. The Kier molecular flexibility index (Phi) is 10.5. The number of hydrogen-bond acceptors (Lipinski definition) is 2. The minimum atomic E-state index is 0.0920. The molecule has 14 rings (SSSR count). The number of imidazole rings is 1. The first-order chi connectivity index (χ1) is 31.9. The minimum Gasteiger partial charge on any atom is -0.0579 e. The molecule has 6 heteroatoms. The number of benzene rings is 6. The van der Waals surface area contributed by atoms with E-state index in [9.17, 15) is 0 Å². The van der Waals surface area contributed by atoms with Crippen LogP contribution in [0.1, 0.15) is 71.1 Å². The van der Waals surface area contributed by atoms with E-state index in [1.807, 2.05) is 0 Å². The Hall–Kier alpha value is -6.55. The number of ether oxygens (including phenoxy) is 1. The van der Waals surface area contributed by atoms with Gasteiger partial charge in [-0.1, -0.05) is 81.4 Å². The summed E-state index contributed by atoms with van der Waals surface area (Å²) in [4.78, 5) is 5.36. The third-order valence-corrected chi connectivity index (χ3v) is 15.2. The van der Waals surface area contributed by atoms with Gasteiger partial charge in [0.05, 0.1) is 0 Å². The summed E-state index contributed by atoms with van der Waals surface area (Å²) in [5.41, 5.74) is 21.3. The van der Waals surface area contributed by atoms with Gasteiger partial charge >= 0.3 is 261 Å². The van der Waals surface area contributed by atoms with E-state index in [1.54, 1.807) is 0 Å². The van der Waals surface area contributed by atoms with Crippen LogP contribution < -0.4 is 4.74 Å². The molecule has 4 bridgehead atoms. The molecule has 0 spiro atoms.